The molecular formula is C20H14F17N5O9S. The summed E-state index contributed by atoms with van der Waals surface area (Å²) >= 11 is 0. The molecule has 14 nitrogen and oxygen atoms in total. The van der Waals surface area contributed by atoms with E-state index in [1.807, 2.05) is 0 Å². The minimum Gasteiger partial charge on any atom is -0.478 e. The number of alkyl halides is 17. The molecule has 0 spiro atoms. The summed E-state index contributed by atoms with van der Waals surface area (Å²) in [5.74, 6) is -53.3. The van der Waals surface area contributed by atoms with Crippen molar-refractivity contribution in [1.29, 1.82) is 0 Å². The highest BCUT2D eigenvalue weighted by molar-refractivity contribution is 7.90. The normalized spacial score (nSPS) is 16.1. The molecule has 0 radical (unpaired) electrons. The zero-order valence-electron chi connectivity index (χ0n) is 24.0. The molecule has 0 aliphatic carbocycles. The lowest BCUT2D eigenvalue weighted by molar-refractivity contribution is -0.458. The number of nitrogens with two attached hydrogens (primary N) is 1. The Morgan fingerprint density at radius 2 is 0.962 bits per heavy atom. The fourth-order valence-corrected chi connectivity index (χ4v) is 4.97. The zero-order valence-corrected chi connectivity index (χ0v) is 24.8. The zero-order chi connectivity index (χ0) is 41.6. The molecule has 1 aromatic carbocycles. The van der Waals surface area contributed by atoms with Crippen LogP contribution in [0.3, 0.4) is 0 Å². The molecule has 32 heteroatoms. The smallest absolute Gasteiger partial charge is 0.460 e. The number of carbonyl (C=O) groups excluding carboxylic acids is 1. The van der Waals surface area contributed by atoms with Gasteiger partial charge in [0.25, 0.3) is 21.4 Å². The SMILES string of the molecule is NC(=O)N1CCN(S(=O)(=O)C(F)(F)C(F)(F)C(F)(F)C(F)(F)C(F)(F)C(F)(F)C(F)(F)C(F)(F)F)CC1.O=C(O)c1cc([N+](=O)[O-])cc([N+](=O)[O-])c1. The van der Waals surface area contributed by atoms with Gasteiger partial charge >= 0.3 is 59.0 Å². The number of halogens is 17. The van der Waals surface area contributed by atoms with Gasteiger partial charge in [0.2, 0.25) is 0 Å². The van der Waals surface area contributed by atoms with Gasteiger partial charge in [-0.1, -0.05) is 0 Å². The average molecular weight is 823 g/mol. The van der Waals surface area contributed by atoms with Crippen LogP contribution >= 0.6 is 0 Å². The minimum atomic E-state index is -8.88. The van der Waals surface area contributed by atoms with Gasteiger partial charge in [0.1, 0.15) is 0 Å². The molecule has 1 aliphatic rings. The summed E-state index contributed by atoms with van der Waals surface area (Å²) < 4.78 is 248. The van der Waals surface area contributed by atoms with E-state index in [4.69, 9.17) is 10.8 Å². The lowest BCUT2D eigenvalue weighted by Gasteiger charge is -2.43. The van der Waals surface area contributed by atoms with Crippen LogP contribution in [-0.2, 0) is 10.0 Å². The van der Waals surface area contributed by atoms with Gasteiger partial charge < -0.3 is 15.7 Å². The Morgan fingerprint density at radius 1 is 0.635 bits per heavy atom. The second-order valence-corrected chi connectivity index (χ2v) is 11.7. The number of hydrogen-bond acceptors (Lipinski definition) is 8. The summed E-state index contributed by atoms with van der Waals surface area (Å²) in [5.41, 5.74) is 2.99. The predicted octanol–water partition coefficient (Wildman–Crippen LogP) is 5.18. The highest BCUT2D eigenvalue weighted by Crippen LogP contribution is 2.64. The molecule has 3 N–H and O–H groups in total. The number of rotatable bonds is 11. The fourth-order valence-electron chi connectivity index (χ4n) is 3.55. The number of carbonyl (C=O) groups is 2. The first-order valence-electron chi connectivity index (χ1n) is 12.3. The second-order valence-electron chi connectivity index (χ2n) is 9.75. The Kier molecular flexibility index (Phi) is 12.1. The Bertz CT molecular complexity index is 1600. The quantitative estimate of drug-likeness (QED) is 0.171. The number of carboxylic acid groups (broad SMARTS) is 1. The molecule has 0 unspecified atom stereocenters. The van der Waals surface area contributed by atoms with E-state index in [1.54, 1.807) is 0 Å². The van der Waals surface area contributed by atoms with Crippen LogP contribution in [0.4, 0.5) is 90.8 Å². The first-order chi connectivity index (χ1) is 22.8. The van der Waals surface area contributed by atoms with Gasteiger partial charge in [0.15, 0.2) is 0 Å². The van der Waals surface area contributed by atoms with Crippen LogP contribution in [0.1, 0.15) is 10.4 Å². The number of amides is 2. The standard InChI is InChI=1S/C13H10F17N3O3S.C7H4N2O6/c14-6(15,8(18,19)10(22,23)12(26,27)28)7(16,17)9(20,21)11(24,25)13(29,30)37(35,36)33-3-1-32(2-4-33)5(31)34;10-7(11)4-1-5(8(12)13)3-6(2-4)9(14)15/h1-4H2,(H2,31,34);1-3H,(H,10,11). The highest BCUT2D eigenvalue weighted by atomic mass is 32.2. The lowest BCUT2D eigenvalue weighted by Crippen LogP contribution is -2.75. The number of aromatic carboxylic acids is 1. The molecule has 52 heavy (non-hydrogen) atoms. The van der Waals surface area contributed by atoms with E-state index in [9.17, 15) is 113 Å². The number of non-ortho nitro benzene ring substituents is 2. The molecule has 2 rings (SSSR count). The first kappa shape index (κ1) is 45.5. The van der Waals surface area contributed by atoms with Crippen molar-refractivity contribution in [1.82, 2.24) is 9.21 Å². The Balaban J connectivity index is 0.000000747. The minimum absolute atomic E-state index is 0.467. The van der Waals surface area contributed by atoms with Crippen molar-refractivity contribution in [3.05, 3.63) is 44.0 Å². The molecule has 1 heterocycles. The largest absolute Gasteiger partial charge is 0.478 e. The maximum absolute atomic E-state index is 14.1. The summed E-state index contributed by atoms with van der Waals surface area (Å²) in [6, 6.07) is 0.871. The fraction of sp³-hybridized carbons (Fsp3) is 0.600. The summed E-state index contributed by atoms with van der Waals surface area (Å²) in [6.45, 7) is -4.94. The van der Waals surface area contributed by atoms with Crippen molar-refractivity contribution in [2.75, 3.05) is 26.2 Å². The summed E-state index contributed by atoms with van der Waals surface area (Å²) in [4.78, 5) is 40.8. The summed E-state index contributed by atoms with van der Waals surface area (Å²) in [5, 5.41) is 21.6. The van der Waals surface area contributed by atoms with E-state index in [2.05, 4.69) is 0 Å². The number of primary amides is 1. The lowest BCUT2D eigenvalue weighted by atomic mass is 9.91. The predicted molar refractivity (Wildman–Crippen MR) is 129 cm³/mol. The van der Waals surface area contributed by atoms with E-state index in [1.165, 1.54) is 0 Å². The third-order valence-electron chi connectivity index (χ3n) is 6.48. The van der Waals surface area contributed by atoms with Crippen LogP contribution in [0, 0.1) is 20.2 Å². The highest BCUT2D eigenvalue weighted by Gasteiger charge is 2.96. The van der Waals surface area contributed by atoms with Gasteiger partial charge in [0.05, 0.1) is 21.5 Å². The molecule has 0 bridgehead atoms. The Labute approximate surface area is 273 Å². The maximum atomic E-state index is 14.1. The van der Waals surface area contributed by atoms with E-state index in [-0.39, 0.29) is 0 Å². The molecule has 1 aliphatic heterocycles. The van der Waals surface area contributed by atoms with Crippen LogP contribution in [0.5, 0.6) is 0 Å². The Morgan fingerprint density at radius 3 is 1.25 bits per heavy atom. The molecule has 0 aromatic heterocycles. The van der Waals surface area contributed by atoms with Gasteiger partial charge in [-0.05, 0) is 0 Å². The molecule has 0 atom stereocenters. The molecule has 298 valence electrons. The number of nitrogens with zero attached hydrogens (tertiary/aromatic N) is 4. The maximum Gasteiger partial charge on any atom is 0.460 e. The van der Waals surface area contributed by atoms with Crippen LogP contribution < -0.4 is 5.73 Å². The number of piperazine rings is 1. The van der Waals surface area contributed by atoms with Crippen LogP contribution in [0.25, 0.3) is 0 Å². The van der Waals surface area contributed by atoms with E-state index in [0.717, 1.165) is 12.1 Å². The number of carboxylic acids is 1. The molecule has 1 aromatic rings. The Hall–Kier alpha value is -4.52. The van der Waals surface area contributed by atoms with Gasteiger partial charge in [-0.15, -0.1) is 0 Å². The van der Waals surface area contributed by atoms with Crippen molar-refractivity contribution in [3.8, 4) is 0 Å². The molecule has 1 saturated heterocycles. The number of urea groups is 1. The van der Waals surface area contributed by atoms with Crippen molar-refractivity contribution in [2.45, 2.75) is 47.0 Å². The number of benzene rings is 1. The molecular weight excluding hydrogens is 809 g/mol. The van der Waals surface area contributed by atoms with Gasteiger partial charge in [-0.2, -0.15) is 78.9 Å². The van der Waals surface area contributed by atoms with Crippen molar-refractivity contribution >= 4 is 33.4 Å². The van der Waals surface area contributed by atoms with Crippen molar-refractivity contribution < 1.29 is 108 Å². The van der Waals surface area contributed by atoms with Crippen LogP contribution in [0.15, 0.2) is 18.2 Å². The van der Waals surface area contributed by atoms with Crippen molar-refractivity contribution in [2.24, 2.45) is 5.73 Å². The summed E-state index contributed by atoms with van der Waals surface area (Å²) in [6.07, 6.45) is -7.89. The van der Waals surface area contributed by atoms with E-state index >= 15 is 0 Å². The van der Waals surface area contributed by atoms with Crippen molar-refractivity contribution in [3.63, 3.8) is 0 Å². The summed E-state index contributed by atoms with van der Waals surface area (Å²) in [7, 11) is -7.35. The molecule has 2 amide bonds. The van der Waals surface area contributed by atoms with E-state index < -0.39 is 126 Å². The topological polar surface area (TPSA) is 207 Å². The number of nitro benzene ring substituents is 2. The van der Waals surface area contributed by atoms with Crippen LogP contribution in [0.2, 0.25) is 0 Å². The van der Waals surface area contributed by atoms with Crippen LogP contribution in [-0.4, -0.2) is 118 Å². The van der Waals surface area contributed by atoms with Gasteiger partial charge in [-0.25, -0.2) is 18.0 Å². The number of nitro groups is 2. The monoisotopic (exact) mass is 823 g/mol. The van der Waals surface area contributed by atoms with E-state index in [0.29, 0.717) is 11.0 Å². The number of sulfonamides is 1. The van der Waals surface area contributed by atoms with Gasteiger partial charge in [-0.3, -0.25) is 20.2 Å². The first-order valence-corrected chi connectivity index (χ1v) is 13.7. The molecule has 0 saturated carbocycles. The third-order valence-corrected chi connectivity index (χ3v) is 8.43. The second kappa shape index (κ2) is 13.8. The molecule has 1 fully saturated rings. The van der Waals surface area contributed by atoms with Gasteiger partial charge in [0, 0.05) is 38.3 Å². The number of hydrogen-bond donors (Lipinski definition) is 2. The average Bonchev–Trinajstić information content (AvgIpc) is 2.99. The third kappa shape index (κ3) is 7.24.